The summed E-state index contributed by atoms with van der Waals surface area (Å²) in [4.78, 5) is 0. The predicted octanol–water partition coefficient (Wildman–Crippen LogP) is 4.07. The van der Waals surface area contributed by atoms with E-state index >= 15 is 0 Å². The Labute approximate surface area is 112 Å². The summed E-state index contributed by atoms with van der Waals surface area (Å²) >= 11 is 0.238. The summed E-state index contributed by atoms with van der Waals surface area (Å²) in [7, 11) is -2.99. The van der Waals surface area contributed by atoms with Gasteiger partial charge in [0, 0.05) is 0 Å². The Hall–Kier alpha value is 0.409. The molecule has 1 unspecified atom stereocenters. The van der Waals surface area contributed by atoms with Crippen molar-refractivity contribution in [1.29, 1.82) is 0 Å². The molecule has 0 heterocycles. The van der Waals surface area contributed by atoms with E-state index in [1.54, 1.807) is 0 Å². The maximum atomic E-state index is 12.8. The molecule has 0 aromatic rings. The van der Waals surface area contributed by atoms with Crippen molar-refractivity contribution in [1.82, 2.24) is 0 Å². The van der Waals surface area contributed by atoms with Crippen LogP contribution < -0.4 is 0 Å². The summed E-state index contributed by atoms with van der Waals surface area (Å²) in [6, 6.07) is 0. The summed E-state index contributed by atoms with van der Waals surface area (Å²) in [5.74, 6) is 2.08. The van der Waals surface area contributed by atoms with Gasteiger partial charge < -0.3 is 0 Å². The molecule has 0 saturated carbocycles. The van der Waals surface area contributed by atoms with Gasteiger partial charge in [0.15, 0.2) is 0 Å². The first-order chi connectivity index (χ1) is 7.85. The quantitative estimate of drug-likeness (QED) is 0.364. The van der Waals surface area contributed by atoms with Gasteiger partial charge in [0.25, 0.3) is 0 Å². The van der Waals surface area contributed by atoms with Crippen LogP contribution in [0.15, 0.2) is 12.7 Å². The molecule has 0 aliphatic heterocycles. The Morgan fingerprint density at radius 3 is 2.00 bits per heavy atom. The van der Waals surface area contributed by atoms with Gasteiger partial charge in [0.05, 0.1) is 0 Å². The number of rotatable bonds is 9. The molecule has 0 radical (unpaired) electrons. The summed E-state index contributed by atoms with van der Waals surface area (Å²) in [5.41, 5.74) is 0. The van der Waals surface area contributed by atoms with E-state index in [0.717, 1.165) is 12.8 Å². The third-order valence-corrected chi connectivity index (χ3v) is 8.71. The standard InChI is InChI=1S/C12H25O3PSe/c1-7-8-9-12(17-6)16(13,14-10(2)3)15-11(4)5/h7,10-12H,1,8-9H2,2-6H3. The van der Waals surface area contributed by atoms with Crippen molar-refractivity contribution in [3.8, 4) is 0 Å². The van der Waals surface area contributed by atoms with Crippen LogP contribution in [-0.4, -0.2) is 31.7 Å². The maximum absolute atomic E-state index is 12.8. The summed E-state index contributed by atoms with van der Waals surface area (Å²) < 4.78 is 24.1. The molecule has 3 nitrogen and oxygen atoms in total. The minimum atomic E-state index is -2.99. The van der Waals surface area contributed by atoms with Crippen LogP contribution in [0.4, 0.5) is 0 Å². The third-order valence-electron chi connectivity index (χ3n) is 1.96. The van der Waals surface area contributed by atoms with E-state index in [1.807, 2.05) is 33.8 Å². The zero-order valence-electron chi connectivity index (χ0n) is 11.5. The fourth-order valence-electron chi connectivity index (χ4n) is 1.41. The SMILES string of the molecule is C=CCCC([Se]C)P(=O)(OC(C)C)OC(C)C. The molecule has 0 aliphatic carbocycles. The van der Waals surface area contributed by atoms with Crippen LogP contribution in [0.1, 0.15) is 40.5 Å². The molecular weight excluding hydrogens is 302 g/mol. The molecule has 17 heavy (non-hydrogen) atoms. The Kier molecular flexibility index (Phi) is 8.71. The van der Waals surface area contributed by atoms with E-state index in [-0.39, 0.29) is 31.7 Å². The molecule has 0 rings (SSSR count). The van der Waals surface area contributed by atoms with E-state index in [1.165, 1.54) is 0 Å². The predicted molar refractivity (Wildman–Crippen MR) is 74.9 cm³/mol. The van der Waals surface area contributed by atoms with Crippen molar-refractivity contribution in [2.24, 2.45) is 0 Å². The van der Waals surface area contributed by atoms with Crippen LogP contribution in [0.3, 0.4) is 0 Å². The van der Waals surface area contributed by atoms with Crippen molar-refractivity contribution in [2.45, 2.75) is 63.1 Å². The molecule has 0 fully saturated rings. The zero-order chi connectivity index (χ0) is 13.5. The first-order valence-corrected chi connectivity index (χ1v) is 10.3. The molecule has 0 amide bonds. The van der Waals surface area contributed by atoms with Gasteiger partial charge in [-0.1, -0.05) is 0 Å². The van der Waals surface area contributed by atoms with Crippen LogP contribution in [0.2, 0.25) is 5.82 Å². The van der Waals surface area contributed by atoms with Gasteiger partial charge >= 0.3 is 112 Å². The number of hydrogen-bond acceptors (Lipinski definition) is 3. The van der Waals surface area contributed by atoms with E-state index < -0.39 is 7.60 Å². The summed E-state index contributed by atoms with van der Waals surface area (Å²) in [6.45, 7) is 11.3. The first kappa shape index (κ1) is 17.4. The molecule has 0 aliphatic rings. The Balaban J connectivity index is 4.83. The third kappa shape index (κ3) is 6.78. The van der Waals surface area contributed by atoms with E-state index in [0.29, 0.717) is 0 Å². The normalized spacial score (nSPS) is 14.3. The van der Waals surface area contributed by atoms with Gasteiger partial charge in [-0.15, -0.1) is 0 Å². The molecule has 1 atom stereocenters. The molecule has 0 N–H and O–H groups in total. The Morgan fingerprint density at radius 1 is 1.24 bits per heavy atom. The van der Waals surface area contributed by atoms with E-state index in [4.69, 9.17) is 9.05 Å². The molecule has 0 spiro atoms. The molecule has 0 aromatic carbocycles. The minimum absolute atomic E-state index is 0.0257. The second-order valence-corrected chi connectivity index (χ2v) is 9.50. The zero-order valence-corrected chi connectivity index (χ0v) is 14.1. The number of hydrogen-bond donors (Lipinski definition) is 0. The second kappa shape index (κ2) is 8.50. The van der Waals surface area contributed by atoms with Crippen LogP contribution in [-0.2, 0) is 13.6 Å². The fraction of sp³-hybridized carbons (Fsp3) is 0.833. The van der Waals surface area contributed by atoms with E-state index in [2.05, 4.69) is 12.4 Å². The fourth-order valence-corrected chi connectivity index (χ4v) is 6.66. The molecule has 0 aromatic heterocycles. The van der Waals surface area contributed by atoms with Crippen LogP contribution in [0, 0.1) is 0 Å². The van der Waals surface area contributed by atoms with Crippen LogP contribution in [0.25, 0.3) is 0 Å². The molecule has 0 saturated heterocycles. The van der Waals surface area contributed by atoms with Gasteiger partial charge in [0.1, 0.15) is 0 Å². The van der Waals surface area contributed by atoms with E-state index in [9.17, 15) is 4.57 Å². The van der Waals surface area contributed by atoms with Crippen molar-refractivity contribution in [2.75, 3.05) is 0 Å². The molecule has 0 bridgehead atoms. The first-order valence-electron chi connectivity index (χ1n) is 5.96. The molecule has 102 valence electrons. The average molecular weight is 327 g/mol. The summed E-state index contributed by atoms with van der Waals surface area (Å²) in [5, 5.41) is 0. The molecular formula is C12H25O3PSe. The second-order valence-electron chi connectivity index (χ2n) is 4.40. The molecule has 5 heteroatoms. The van der Waals surface area contributed by atoms with Gasteiger partial charge in [-0.05, 0) is 0 Å². The van der Waals surface area contributed by atoms with Gasteiger partial charge in [-0.3, -0.25) is 0 Å². The summed E-state index contributed by atoms with van der Waals surface area (Å²) in [6.07, 6.45) is 3.39. The van der Waals surface area contributed by atoms with Gasteiger partial charge in [0.2, 0.25) is 0 Å². The van der Waals surface area contributed by atoms with Gasteiger partial charge in [-0.25, -0.2) is 0 Å². The Bertz CT molecular complexity index is 252. The average Bonchev–Trinajstić information content (AvgIpc) is 2.15. The van der Waals surface area contributed by atoms with Crippen molar-refractivity contribution in [3.63, 3.8) is 0 Å². The van der Waals surface area contributed by atoms with Crippen molar-refractivity contribution >= 4 is 22.6 Å². The number of allylic oxidation sites excluding steroid dienone is 1. The van der Waals surface area contributed by atoms with Crippen molar-refractivity contribution < 1.29 is 13.6 Å². The van der Waals surface area contributed by atoms with Crippen molar-refractivity contribution in [3.05, 3.63) is 12.7 Å². The van der Waals surface area contributed by atoms with Gasteiger partial charge in [-0.2, -0.15) is 0 Å². The monoisotopic (exact) mass is 328 g/mol. The van der Waals surface area contributed by atoms with Crippen LogP contribution >= 0.6 is 7.60 Å². The van der Waals surface area contributed by atoms with Crippen LogP contribution in [0.5, 0.6) is 0 Å². The Morgan fingerprint density at radius 2 is 1.71 bits per heavy atom. The topological polar surface area (TPSA) is 35.5 Å².